The second-order valence-corrected chi connectivity index (χ2v) is 7.16. The van der Waals surface area contributed by atoms with Gasteiger partial charge in [-0.3, -0.25) is 9.59 Å². The van der Waals surface area contributed by atoms with E-state index in [-0.39, 0.29) is 17.6 Å². The molecule has 0 bridgehead atoms. The smallest absolute Gasteiger partial charge is 0.258 e. The molecule has 1 unspecified atom stereocenters. The normalized spacial score (nSPS) is 15.3. The van der Waals surface area contributed by atoms with Crippen molar-refractivity contribution in [2.45, 2.75) is 25.4 Å². The number of aromatic amines is 1. The zero-order valence-electron chi connectivity index (χ0n) is 16.3. The molecular weight excluding hydrogens is 370 g/mol. The minimum Gasteiger partial charge on any atom is -0.486 e. The number of nitrogens with zero attached hydrogens (tertiary/aromatic N) is 2. The maximum Gasteiger partial charge on any atom is 0.258 e. The predicted molar refractivity (Wildman–Crippen MR) is 109 cm³/mol. The lowest BCUT2D eigenvalue weighted by atomic mass is 10.2. The fourth-order valence-corrected chi connectivity index (χ4v) is 3.41. The first-order valence-corrected chi connectivity index (χ1v) is 9.70. The van der Waals surface area contributed by atoms with Crippen LogP contribution in [0, 0.1) is 0 Å². The Hall–Kier alpha value is -3.35. The Morgan fingerprint density at radius 3 is 2.79 bits per heavy atom. The van der Waals surface area contributed by atoms with E-state index in [1.807, 2.05) is 42.5 Å². The first-order valence-electron chi connectivity index (χ1n) is 9.70. The van der Waals surface area contributed by atoms with E-state index >= 15 is 0 Å². The number of hydrogen-bond donors (Lipinski definition) is 1. The van der Waals surface area contributed by atoms with Crippen LogP contribution in [-0.4, -0.2) is 47.1 Å². The summed E-state index contributed by atoms with van der Waals surface area (Å²) >= 11 is 0. The number of aromatic nitrogens is 2. The molecule has 7 nitrogen and oxygen atoms in total. The third-order valence-corrected chi connectivity index (χ3v) is 4.94. The molecule has 1 aliphatic rings. The Labute approximate surface area is 168 Å². The fourth-order valence-electron chi connectivity index (χ4n) is 3.41. The molecule has 0 saturated carbocycles. The van der Waals surface area contributed by atoms with Gasteiger partial charge in [0.15, 0.2) is 17.6 Å². The standard InChI is InChI=1S/C22H23N3O4/c1-25(13-15-14-28-18-9-4-5-10-19(18)29-15)21(26)12-6-11-20-23-17-8-3-2-7-16(17)22(27)24-20/h2-5,7-10,15H,6,11-14H2,1H3,(H,23,24,27). The number of benzene rings is 2. The molecule has 0 radical (unpaired) electrons. The van der Waals surface area contributed by atoms with E-state index in [0.29, 0.717) is 54.9 Å². The number of amides is 1. The molecule has 0 saturated heterocycles. The van der Waals surface area contributed by atoms with Crippen molar-refractivity contribution in [1.29, 1.82) is 0 Å². The van der Waals surface area contributed by atoms with E-state index < -0.39 is 0 Å². The number of H-pyrrole nitrogens is 1. The van der Waals surface area contributed by atoms with Gasteiger partial charge in [0.05, 0.1) is 17.4 Å². The van der Waals surface area contributed by atoms with Crippen LogP contribution in [0.1, 0.15) is 18.7 Å². The molecule has 1 aliphatic heterocycles. The first-order chi connectivity index (χ1) is 14.1. The summed E-state index contributed by atoms with van der Waals surface area (Å²) in [5, 5.41) is 0.573. The maximum atomic E-state index is 12.5. The average Bonchev–Trinajstić information content (AvgIpc) is 2.73. The summed E-state index contributed by atoms with van der Waals surface area (Å²) in [6, 6.07) is 14.8. The van der Waals surface area contributed by atoms with Gasteiger partial charge in [-0.05, 0) is 30.7 Å². The van der Waals surface area contributed by atoms with Crippen molar-refractivity contribution in [2.24, 2.45) is 0 Å². The van der Waals surface area contributed by atoms with E-state index in [9.17, 15) is 9.59 Å². The van der Waals surface area contributed by atoms with Crippen LogP contribution in [0.3, 0.4) is 0 Å². The number of rotatable bonds is 6. The van der Waals surface area contributed by atoms with Crippen LogP contribution in [0.4, 0.5) is 0 Å². The van der Waals surface area contributed by atoms with E-state index in [2.05, 4.69) is 9.97 Å². The van der Waals surface area contributed by atoms with Crippen molar-refractivity contribution in [3.63, 3.8) is 0 Å². The highest BCUT2D eigenvalue weighted by atomic mass is 16.6. The van der Waals surface area contributed by atoms with Crippen molar-refractivity contribution in [3.8, 4) is 11.5 Å². The lowest BCUT2D eigenvalue weighted by molar-refractivity contribution is -0.131. The lowest BCUT2D eigenvalue weighted by Gasteiger charge is -2.29. The molecule has 0 aliphatic carbocycles. The summed E-state index contributed by atoms with van der Waals surface area (Å²) in [6.07, 6.45) is 1.32. The molecule has 150 valence electrons. The Morgan fingerprint density at radius 1 is 1.17 bits per heavy atom. The minimum atomic E-state index is -0.197. The number of carbonyl (C=O) groups is 1. The van der Waals surface area contributed by atoms with Crippen molar-refractivity contribution >= 4 is 16.8 Å². The van der Waals surface area contributed by atoms with Gasteiger partial charge in [0.25, 0.3) is 5.56 Å². The molecule has 1 atom stereocenters. The van der Waals surface area contributed by atoms with Crippen LogP contribution in [-0.2, 0) is 11.2 Å². The zero-order chi connectivity index (χ0) is 20.2. The highest BCUT2D eigenvalue weighted by Crippen LogP contribution is 2.30. The van der Waals surface area contributed by atoms with E-state index in [0.717, 1.165) is 5.75 Å². The van der Waals surface area contributed by atoms with E-state index in [1.165, 1.54) is 0 Å². The second kappa shape index (κ2) is 8.34. The molecule has 3 aromatic rings. The molecular formula is C22H23N3O4. The van der Waals surface area contributed by atoms with Gasteiger partial charge in [0.1, 0.15) is 12.4 Å². The maximum absolute atomic E-state index is 12.5. The molecule has 0 fully saturated rings. The Kier molecular flexibility index (Phi) is 5.46. The van der Waals surface area contributed by atoms with Crippen LogP contribution < -0.4 is 15.0 Å². The monoisotopic (exact) mass is 393 g/mol. The third-order valence-electron chi connectivity index (χ3n) is 4.94. The predicted octanol–water partition coefficient (Wildman–Crippen LogP) is 2.54. The number of carbonyl (C=O) groups excluding carboxylic acids is 1. The highest BCUT2D eigenvalue weighted by molar-refractivity contribution is 5.77. The summed E-state index contributed by atoms with van der Waals surface area (Å²) in [5.74, 6) is 2.06. The van der Waals surface area contributed by atoms with Crippen LogP contribution in [0.5, 0.6) is 11.5 Å². The second-order valence-electron chi connectivity index (χ2n) is 7.16. The van der Waals surface area contributed by atoms with Crippen LogP contribution in [0.15, 0.2) is 53.3 Å². The SMILES string of the molecule is CN(CC1COc2ccccc2O1)C(=O)CCCc1nc2ccccc2c(=O)[nH]1. The van der Waals surface area contributed by atoms with Crippen LogP contribution in [0.25, 0.3) is 10.9 Å². The third kappa shape index (κ3) is 4.39. The quantitative estimate of drug-likeness (QED) is 0.696. The molecule has 1 amide bonds. The molecule has 4 rings (SSSR count). The number of nitrogens with one attached hydrogen (secondary N) is 1. The van der Waals surface area contributed by atoms with Crippen molar-refractivity contribution in [2.75, 3.05) is 20.2 Å². The molecule has 1 N–H and O–H groups in total. The van der Waals surface area contributed by atoms with Crippen molar-refractivity contribution in [3.05, 3.63) is 64.7 Å². The van der Waals surface area contributed by atoms with Gasteiger partial charge in [0.2, 0.25) is 5.91 Å². The topological polar surface area (TPSA) is 84.5 Å². The summed E-state index contributed by atoms with van der Waals surface area (Å²) in [5.41, 5.74) is 0.521. The van der Waals surface area contributed by atoms with Gasteiger partial charge in [-0.2, -0.15) is 0 Å². The van der Waals surface area contributed by atoms with Gasteiger partial charge in [-0.15, -0.1) is 0 Å². The number of ether oxygens (including phenoxy) is 2. The number of aryl methyl sites for hydroxylation is 1. The van der Waals surface area contributed by atoms with Gasteiger partial charge in [0, 0.05) is 19.9 Å². The van der Waals surface area contributed by atoms with Gasteiger partial charge in [-0.1, -0.05) is 24.3 Å². The summed E-state index contributed by atoms with van der Waals surface area (Å²) in [4.78, 5) is 33.5. The Balaban J connectivity index is 1.28. The van der Waals surface area contributed by atoms with Gasteiger partial charge < -0.3 is 19.4 Å². The fraction of sp³-hybridized carbons (Fsp3) is 0.318. The van der Waals surface area contributed by atoms with Gasteiger partial charge in [-0.25, -0.2) is 4.98 Å². The molecule has 2 aromatic carbocycles. The summed E-state index contributed by atoms with van der Waals surface area (Å²) in [6.45, 7) is 0.870. The zero-order valence-corrected chi connectivity index (χ0v) is 16.3. The molecule has 1 aromatic heterocycles. The summed E-state index contributed by atoms with van der Waals surface area (Å²) < 4.78 is 11.6. The molecule has 2 heterocycles. The molecule has 7 heteroatoms. The highest BCUT2D eigenvalue weighted by Gasteiger charge is 2.23. The van der Waals surface area contributed by atoms with Crippen molar-refractivity contribution < 1.29 is 14.3 Å². The van der Waals surface area contributed by atoms with E-state index in [1.54, 1.807) is 18.0 Å². The number of para-hydroxylation sites is 3. The van der Waals surface area contributed by atoms with Gasteiger partial charge >= 0.3 is 0 Å². The number of fused-ring (bicyclic) bond motifs is 2. The number of hydrogen-bond acceptors (Lipinski definition) is 5. The largest absolute Gasteiger partial charge is 0.486 e. The van der Waals surface area contributed by atoms with Crippen molar-refractivity contribution in [1.82, 2.24) is 14.9 Å². The van der Waals surface area contributed by atoms with E-state index in [4.69, 9.17) is 9.47 Å². The Bertz CT molecular complexity index is 1080. The summed E-state index contributed by atoms with van der Waals surface area (Å²) in [7, 11) is 1.77. The van der Waals surface area contributed by atoms with Crippen LogP contribution in [0.2, 0.25) is 0 Å². The lowest BCUT2D eigenvalue weighted by Crippen LogP contribution is -2.41. The average molecular weight is 393 g/mol. The van der Waals surface area contributed by atoms with Crippen LogP contribution >= 0.6 is 0 Å². The Morgan fingerprint density at radius 2 is 1.93 bits per heavy atom. The first kappa shape index (κ1) is 19.0. The minimum absolute atomic E-state index is 0.0237. The molecule has 29 heavy (non-hydrogen) atoms. The number of likely N-dealkylation sites (N-methyl/N-ethyl adjacent to an activating group) is 1. The molecule has 0 spiro atoms.